The Hall–Kier alpha value is -2.39. The van der Waals surface area contributed by atoms with Crippen LogP contribution in [-0.4, -0.2) is 9.97 Å². The molecule has 3 heteroatoms. The van der Waals surface area contributed by atoms with E-state index in [-0.39, 0.29) is 0 Å². The lowest BCUT2D eigenvalue weighted by Gasteiger charge is -1.95. The predicted molar refractivity (Wildman–Crippen MR) is 84.8 cm³/mol. The molecule has 96 valence electrons. The molecule has 2 aromatic carbocycles. The Bertz CT molecular complexity index is 859. The molecule has 0 spiro atoms. The predicted octanol–water partition coefficient (Wildman–Crippen LogP) is 4.96. The minimum Gasteiger partial charge on any atom is -0.360 e. The molecule has 0 amide bonds. The number of aromatic nitrogens is 2. The summed E-state index contributed by atoms with van der Waals surface area (Å²) in [6, 6.07) is 18.6. The van der Waals surface area contributed by atoms with Crippen molar-refractivity contribution in [2.45, 2.75) is 0 Å². The lowest BCUT2D eigenvalue weighted by atomic mass is 10.1. The standard InChI is InChI=1S/C17H12N2S/c1-2-6-12(7-3-1)17-19-16(11-20-17)14-10-18-15-9-5-4-8-13(14)15/h1-11,18H. The fourth-order valence-corrected chi connectivity index (χ4v) is 3.22. The molecule has 0 saturated carbocycles. The van der Waals surface area contributed by atoms with Gasteiger partial charge in [0.05, 0.1) is 5.69 Å². The molecular weight excluding hydrogens is 264 g/mol. The Morgan fingerprint density at radius 1 is 0.900 bits per heavy atom. The van der Waals surface area contributed by atoms with Crippen molar-refractivity contribution in [2.75, 3.05) is 0 Å². The molecule has 20 heavy (non-hydrogen) atoms. The van der Waals surface area contributed by atoms with Crippen LogP contribution in [0.25, 0.3) is 32.7 Å². The Morgan fingerprint density at radius 2 is 1.70 bits per heavy atom. The van der Waals surface area contributed by atoms with Gasteiger partial charge in [0.25, 0.3) is 0 Å². The number of fused-ring (bicyclic) bond motifs is 1. The van der Waals surface area contributed by atoms with Crippen LogP contribution in [0.3, 0.4) is 0 Å². The first kappa shape index (κ1) is 11.4. The number of aromatic amines is 1. The van der Waals surface area contributed by atoms with Crippen molar-refractivity contribution < 1.29 is 0 Å². The zero-order chi connectivity index (χ0) is 13.4. The molecule has 0 radical (unpaired) electrons. The topological polar surface area (TPSA) is 28.7 Å². The van der Waals surface area contributed by atoms with E-state index in [9.17, 15) is 0 Å². The first-order valence-corrected chi connectivity index (χ1v) is 7.37. The highest BCUT2D eigenvalue weighted by molar-refractivity contribution is 7.13. The van der Waals surface area contributed by atoms with Crippen molar-refractivity contribution in [1.29, 1.82) is 0 Å². The zero-order valence-electron chi connectivity index (χ0n) is 10.7. The lowest BCUT2D eigenvalue weighted by Crippen LogP contribution is -1.77. The fraction of sp³-hybridized carbons (Fsp3) is 0. The molecule has 4 rings (SSSR count). The number of thiazole rings is 1. The quantitative estimate of drug-likeness (QED) is 0.551. The Kier molecular flexibility index (Phi) is 2.64. The second-order valence-electron chi connectivity index (χ2n) is 4.65. The fourth-order valence-electron chi connectivity index (χ4n) is 2.39. The van der Waals surface area contributed by atoms with Crippen LogP contribution in [0.1, 0.15) is 0 Å². The summed E-state index contributed by atoms with van der Waals surface area (Å²) in [7, 11) is 0. The summed E-state index contributed by atoms with van der Waals surface area (Å²) in [5.41, 5.74) is 4.52. The summed E-state index contributed by atoms with van der Waals surface area (Å²) >= 11 is 1.68. The summed E-state index contributed by atoms with van der Waals surface area (Å²) < 4.78 is 0. The Labute approximate surface area is 120 Å². The van der Waals surface area contributed by atoms with Gasteiger partial charge in [0.2, 0.25) is 0 Å². The van der Waals surface area contributed by atoms with E-state index in [4.69, 9.17) is 4.98 Å². The number of nitrogens with one attached hydrogen (secondary N) is 1. The Morgan fingerprint density at radius 3 is 2.60 bits per heavy atom. The minimum absolute atomic E-state index is 1.03. The van der Waals surface area contributed by atoms with E-state index in [0.29, 0.717) is 0 Å². The van der Waals surface area contributed by atoms with Gasteiger partial charge in [-0.3, -0.25) is 0 Å². The number of nitrogens with zero attached hydrogens (tertiary/aromatic N) is 1. The molecular formula is C17H12N2S. The van der Waals surface area contributed by atoms with Gasteiger partial charge < -0.3 is 4.98 Å². The normalized spacial score (nSPS) is 11.0. The van der Waals surface area contributed by atoms with Gasteiger partial charge in [0.15, 0.2) is 0 Å². The van der Waals surface area contributed by atoms with Crippen LogP contribution in [0.15, 0.2) is 66.2 Å². The van der Waals surface area contributed by atoms with Gasteiger partial charge in [0, 0.05) is 33.6 Å². The van der Waals surface area contributed by atoms with E-state index < -0.39 is 0 Å². The number of H-pyrrole nitrogens is 1. The SMILES string of the molecule is c1ccc(-c2nc(-c3c[nH]c4ccccc34)cs2)cc1. The van der Waals surface area contributed by atoms with Gasteiger partial charge in [-0.15, -0.1) is 11.3 Å². The lowest BCUT2D eigenvalue weighted by molar-refractivity contribution is 1.40. The van der Waals surface area contributed by atoms with Crippen LogP contribution in [0.4, 0.5) is 0 Å². The molecule has 0 saturated heterocycles. The van der Waals surface area contributed by atoms with Gasteiger partial charge in [-0.25, -0.2) is 4.98 Å². The average molecular weight is 276 g/mol. The molecule has 1 N–H and O–H groups in total. The molecule has 0 aliphatic heterocycles. The molecule has 2 nitrogen and oxygen atoms in total. The highest BCUT2D eigenvalue weighted by atomic mass is 32.1. The van der Waals surface area contributed by atoms with E-state index in [2.05, 4.69) is 40.7 Å². The number of hydrogen-bond acceptors (Lipinski definition) is 2. The smallest absolute Gasteiger partial charge is 0.124 e. The molecule has 0 aliphatic rings. The largest absolute Gasteiger partial charge is 0.360 e. The van der Waals surface area contributed by atoms with Crippen molar-refractivity contribution >= 4 is 22.2 Å². The molecule has 0 bridgehead atoms. The number of para-hydroxylation sites is 1. The maximum atomic E-state index is 4.77. The van der Waals surface area contributed by atoms with Crippen molar-refractivity contribution in [2.24, 2.45) is 0 Å². The Balaban J connectivity index is 1.82. The second kappa shape index (κ2) is 4.62. The van der Waals surface area contributed by atoms with Crippen LogP contribution in [0.2, 0.25) is 0 Å². The average Bonchev–Trinajstić information content (AvgIpc) is 3.14. The van der Waals surface area contributed by atoms with Gasteiger partial charge in [-0.2, -0.15) is 0 Å². The summed E-state index contributed by atoms with van der Waals surface area (Å²) in [4.78, 5) is 8.07. The van der Waals surface area contributed by atoms with Gasteiger partial charge in [0.1, 0.15) is 5.01 Å². The molecule has 4 aromatic rings. The monoisotopic (exact) mass is 276 g/mol. The summed E-state index contributed by atoms with van der Waals surface area (Å²) in [5.74, 6) is 0. The highest BCUT2D eigenvalue weighted by Gasteiger charge is 2.10. The maximum Gasteiger partial charge on any atom is 0.124 e. The number of hydrogen-bond donors (Lipinski definition) is 1. The van der Waals surface area contributed by atoms with E-state index >= 15 is 0 Å². The third-order valence-electron chi connectivity index (χ3n) is 3.39. The number of benzene rings is 2. The first-order chi connectivity index (χ1) is 9.92. The molecule has 0 atom stereocenters. The highest BCUT2D eigenvalue weighted by Crippen LogP contribution is 2.32. The van der Waals surface area contributed by atoms with Crippen molar-refractivity contribution in [1.82, 2.24) is 9.97 Å². The molecule has 2 heterocycles. The molecule has 0 aliphatic carbocycles. The van der Waals surface area contributed by atoms with Crippen LogP contribution in [0.5, 0.6) is 0 Å². The van der Waals surface area contributed by atoms with Crippen LogP contribution in [0, 0.1) is 0 Å². The van der Waals surface area contributed by atoms with Gasteiger partial charge in [-0.05, 0) is 6.07 Å². The third kappa shape index (κ3) is 1.84. The molecule has 2 aromatic heterocycles. The van der Waals surface area contributed by atoms with E-state index in [1.807, 2.05) is 30.5 Å². The first-order valence-electron chi connectivity index (χ1n) is 6.49. The number of rotatable bonds is 2. The van der Waals surface area contributed by atoms with Crippen LogP contribution < -0.4 is 0 Å². The maximum absolute atomic E-state index is 4.77. The third-order valence-corrected chi connectivity index (χ3v) is 4.28. The van der Waals surface area contributed by atoms with Crippen LogP contribution >= 0.6 is 11.3 Å². The molecule has 0 unspecified atom stereocenters. The van der Waals surface area contributed by atoms with E-state index in [1.54, 1.807) is 11.3 Å². The van der Waals surface area contributed by atoms with Crippen molar-refractivity contribution in [3.63, 3.8) is 0 Å². The zero-order valence-corrected chi connectivity index (χ0v) is 11.5. The van der Waals surface area contributed by atoms with Gasteiger partial charge in [-0.1, -0.05) is 48.5 Å². The summed E-state index contributed by atoms with van der Waals surface area (Å²) in [6.45, 7) is 0. The summed E-state index contributed by atoms with van der Waals surface area (Å²) in [6.07, 6.45) is 2.04. The summed E-state index contributed by atoms with van der Waals surface area (Å²) in [5, 5.41) is 4.40. The second-order valence-corrected chi connectivity index (χ2v) is 5.51. The van der Waals surface area contributed by atoms with E-state index in [0.717, 1.165) is 16.2 Å². The van der Waals surface area contributed by atoms with E-state index in [1.165, 1.54) is 16.5 Å². The molecule has 0 fully saturated rings. The van der Waals surface area contributed by atoms with Crippen molar-refractivity contribution in [3.05, 3.63) is 66.2 Å². The minimum atomic E-state index is 1.03. The van der Waals surface area contributed by atoms with Crippen LogP contribution in [-0.2, 0) is 0 Å². The van der Waals surface area contributed by atoms with Crippen molar-refractivity contribution in [3.8, 4) is 21.8 Å². The van der Waals surface area contributed by atoms with Gasteiger partial charge >= 0.3 is 0 Å².